The molecule has 2 N–H and O–H groups in total. The van der Waals surface area contributed by atoms with E-state index in [9.17, 15) is 4.79 Å². The van der Waals surface area contributed by atoms with Crippen molar-refractivity contribution in [2.75, 3.05) is 5.32 Å². The van der Waals surface area contributed by atoms with Crippen molar-refractivity contribution in [2.24, 2.45) is 7.05 Å². The Bertz CT molecular complexity index is 703. The number of hydrogen-bond donors (Lipinski definition) is 2. The van der Waals surface area contributed by atoms with Gasteiger partial charge in [-0.2, -0.15) is 10.4 Å². The maximum Gasteiger partial charge on any atom is 0.339 e. The number of nitrogens with one attached hydrogen (secondary N) is 1. The number of nitriles is 1. The Morgan fingerprint density at radius 2 is 2.35 bits per heavy atom. The summed E-state index contributed by atoms with van der Waals surface area (Å²) >= 11 is 6.02. The minimum absolute atomic E-state index is 0.132. The van der Waals surface area contributed by atoms with Gasteiger partial charge in [-0.3, -0.25) is 4.68 Å². The molecule has 1 aromatic heterocycles. The van der Waals surface area contributed by atoms with Crippen molar-refractivity contribution in [2.45, 2.75) is 6.54 Å². The van der Waals surface area contributed by atoms with Crippen LogP contribution in [0.3, 0.4) is 0 Å². The van der Waals surface area contributed by atoms with Crippen LogP contribution < -0.4 is 5.32 Å². The molecule has 2 rings (SSSR count). The van der Waals surface area contributed by atoms with E-state index in [-0.39, 0.29) is 12.1 Å². The van der Waals surface area contributed by atoms with E-state index in [1.165, 1.54) is 10.9 Å². The zero-order valence-corrected chi connectivity index (χ0v) is 11.3. The van der Waals surface area contributed by atoms with Crippen LogP contribution in [0.5, 0.6) is 0 Å². The molecule has 0 amide bonds. The second-order valence-corrected chi connectivity index (χ2v) is 4.50. The molecule has 102 valence electrons. The fourth-order valence-electron chi connectivity index (χ4n) is 1.76. The van der Waals surface area contributed by atoms with Crippen molar-refractivity contribution in [3.05, 3.63) is 46.2 Å². The lowest BCUT2D eigenvalue weighted by Gasteiger charge is -2.10. The van der Waals surface area contributed by atoms with Gasteiger partial charge in [0.2, 0.25) is 0 Å². The van der Waals surface area contributed by atoms with Crippen LogP contribution in [0.4, 0.5) is 5.69 Å². The van der Waals surface area contributed by atoms with Crippen LogP contribution in [0.1, 0.15) is 21.6 Å². The Morgan fingerprint density at radius 3 is 3.00 bits per heavy atom. The van der Waals surface area contributed by atoms with Gasteiger partial charge < -0.3 is 10.4 Å². The number of benzene rings is 1. The van der Waals surface area contributed by atoms with E-state index in [0.717, 1.165) is 0 Å². The SMILES string of the molecule is Cn1ncc(C(=O)O)c1CNc1cc(C#N)ccc1Cl. The second kappa shape index (κ2) is 5.63. The van der Waals surface area contributed by atoms with Crippen LogP contribution in [-0.4, -0.2) is 20.9 Å². The third-order valence-corrected chi connectivity index (χ3v) is 3.16. The molecular weight excluding hydrogens is 280 g/mol. The molecule has 20 heavy (non-hydrogen) atoms. The molecule has 2 aromatic rings. The van der Waals surface area contributed by atoms with Gasteiger partial charge in [-0.25, -0.2) is 4.79 Å². The summed E-state index contributed by atoms with van der Waals surface area (Å²) in [6.07, 6.45) is 1.30. The van der Waals surface area contributed by atoms with Crippen molar-refractivity contribution in [3.8, 4) is 6.07 Å². The number of rotatable bonds is 4. The second-order valence-electron chi connectivity index (χ2n) is 4.09. The maximum absolute atomic E-state index is 11.1. The van der Waals surface area contributed by atoms with Crippen molar-refractivity contribution < 1.29 is 9.90 Å². The van der Waals surface area contributed by atoms with E-state index in [1.54, 1.807) is 25.2 Å². The Balaban J connectivity index is 2.23. The van der Waals surface area contributed by atoms with Crippen molar-refractivity contribution in [3.63, 3.8) is 0 Å². The van der Waals surface area contributed by atoms with E-state index >= 15 is 0 Å². The number of aromatic carboxylic acids is 1. The van der Waals surface area contributed by atoms with E-state index < -0.39 is 5.97 Å². The first-order chi connectivity index (χ1) is 9.52. The summed E-state index contributed by atoms with van der Waals surface area (Å²) in [7, 11) is 1.66. The fourth-order valence-corrected chi connectivity index (χ4v) is 1.94. The molecule has 0 bridgehead atoms. The molecule has 0 aliphatic rings. The van der Waals surface area contributed by atoms with Crippen LogP contribution in [0.25, 0.3) is 0 Å². The highest BCUT2D eigenvalue weighted by Gasteiger charge is 2.15. The van der Waals surface area contributed by atoms with E-state index in [0.29, 0.717) is 22.0 Å². The number of hydrogen-bond acceptors (Lipinski definition) is 4. The first-order valence-corrected chi connectivity index (χ1v) is 6.08. The summed E-state index contributed by atoms with van der Waals surface area (Å²) in [5.74, 6) is -1.04. The zero-order chi connectivity index (χ0) is 14.7. The average molecular weight is 291 g/mol. The molecular formula is C13H11ClN4O2. The summed E-state index contributed by atoms with van der Waals surface area (Å²) in [5, 5.41) is 25.3. The molecule has 0 radical (unpaired) electrons. The highest BCUT2D eigenvalue weighted by atomic mass is 35.5. The predicted molar refractivity (Wildman–Crippen MR) is 73.7 cm³/mol. The van der Waals surface area contributed by atoms with Gasteiger partial charge >= 0.3 is 5.97 Å². The van der Waals surface area contributed by atoms with Crippen LogP contribution in [0.15, 0.2) is 24.4 Å². The number of carboxylic acid groups (broad SMARTS) is 1. The molecule has 0 atom stereocenters. The predicted octanol–water partition coefficient (Wildman–Crippen LogP) is 2.26. The molecule has 7 heteroatoms. The number of aryl methyl sites for hydroxylation is 1. The third kappa shape index (κ3) is 2.73. The smallest absolute Gasteiger partial charge is 0.339 e. The number of nitrogens with zero attached hydrogens (tertiary/aromatic N) is 3. The van der Waals surface area contributed by atoms with Crippen LogP contribution in [0, 0.1) is 11.3 Å². The highest BCUT2D eigenvalue weighted by molar-refractivity contribution is 6.33. The molecule has 0 aliphatic carbocycles. The van der Waals surface area contributed by atoms with Gasteiger partial charge in [0.1, 0.15) is 5.56 Å². The molecule has 0 spiro atoms. The topological polar surface area (TPSA) is 90.9 Å². The summed E-state index contributed by atoms with van der Waals surface area (Å²) < 4.78 is 1.48. The summed E-state index contributed by atoms with van der Waals surface area (Å²) in [6, 6.07) is 6.85. The Morgan fingerprint density at radius 1 is 1.60 bits per heavy atom. The van der Waals surface area contributed by atoms with Gasteiger partial charge in [0.25, 0.3) is 0 Å². The Hall–Kier alpha value is -2.52. The van der Waals surface area contributed by atoms with Gasteiger partial charge in [0.05, 0.1) is 40.8 Å². The molecule has 6 nitrogen and oxygen atoms in total. The maximum atomic E-state index is 11.1. The van der Waals surface area contributed by atoms with Gasteiger partial charge in [-0.15, -0.1) is 0 Å². The lowest BCUT2D eigenvalue weighted by atomic mass is 10.2. The van der Waals surface area contributed by atoms with E-state index in [2.05, 4.69) is 10.4 Å². The fraction of sp³-hybridized carbons (Fsp3) is 0.154. The molecule has 0 unspecified atom stereocenters. The Labute approximate surface area is 120 Å². The average Bonchev–Trinajstić information content (AvgIpc) is 2.79. The van der Waals surface area contributed by atoms with Crippen LogP contribution in [-0.2, 0) is 13.6 Å². The first kappa shape index (κ1) is 13.9. The summed E-state index contributed by atoms with van der Waals surface area (Å²) in [5.41, 5.74) is 1.70. The molecule has 0 saturated carbocycles. The minimum atomic E-state index is -1.04. The molecule has 0 fully saturated rings. The van der Waals surface area contributed by atoms with Crippen molar-refractivity contribution in [1.29, 1.82) is 5.26 Å². The highest BCUT2D eigenvalue weighted by Crippen LogP contribution is 2.23. The number of carbonyl (C=O) groups is 1. The zero-order valence-electron chi connectivity index (χ0n) is 10.6. The van der Waals surface area contributed by atoms with Crippen LogP contribution >= 0.6 is 11.6 Å². The third-order valence-electron chi connectivity index (χ3n) is 2.83. The number of halogens is 1. The van der Waals surface area contributed by atoms with E-state index in [1.807, 2.05) is 6.07 Å². The summed E-state index contributed by atoms with van der Waals surface area (Å²) in [4.78, 5) is 11.1. The van der Waals surface area contributed by atoms with Crippen molar-refractivity contribution in [1.82, 2.24) is 9.78 Å². The number of anilines is 1. The monoisotopic (exact) mass is 290 g/mol. The number of aromatic nitrogens is 2. The van der Waals surface area contributed by atoms with Crippen molar-refractivity contribution >= 4 is 23.3 Å². The normalized spacial score (nSPS) is 10.1. The standard InChI is InChI=1S/C13H11ClN4O2/c1-18-12(9(6-17-18)13(19)20)7-16-11-4-8(5-15)2-3-10(11)14/h2-4,6,16H,7H2,1H3,(H,19,20). The quantitative estimate of drug-likeness (QED) is 0.901. The largest absolute Gasteiger partial charge is 0.478 e. The first-order valence-electron chi connectivity index (χ1n) is 5.70. The van der Waals surface area contributed by atoms with E-state index in [4.69, 9.17) is 22.0 Å². The van der Waals surface area contributed by atoms with Gasteiger partial charge in [-0.1, -0.05) is 11.6 Å². The van der Waals surface area contributed by atoms with Gasteiger partial charge in [-0.05, 0) is 18.2 Å². The Kier molecular flexibility index (Phi) is 3.91. The van der Waals surface area contributed by atoms with Gasteiger partial charge in [0.15, 0.2) is 0 Å². The molecule has 0 saturated heterocycles. The van der Waals surface area contributed by atoms with Crippen LogP contribution in [0.2, 0.25) is 5.02 Å². The van der Waals surface area contributed by atoms with Gasteiger partial charge in [0, 0.05) is 7.05 Å². The molecule has 1 heterocycles. The summed E-state index contributed by atoms with van der Waals surface area (Å²) in [6.45, 7) is 0.243. The minimum Gasteiger partial charge on any atom is -0.478 e. The molecule has 1 aromatic carbocycles. The molecule has 0 aliphatic heterocycles. The lowest BCUT2D eigenvalue weighted by Crippen LogP contribution is -2.10. The lowest BCUT2D eigenvalue weighted by molar-refractivity contribution is 0.0695. The number of carboxylic acids is 1.